The van der Waals surface area contributed by atoms with Gasteiger partial charge in [-0.3, -0.25) is 0 Å². The quantitative estimate of drug-likeness (QED) is 0.473. The molecule has 0 spiro atoms. The Labute approximate surface area is 41.8 Å². The summed E-state index contributed by atoms with van der Waals surface area (Å²) in [5, 5.41) is 0.671. The summed E-state index contributed by atoms with van der Waals surface area (Å²) in [6, 6.07) is 0. The summed E-state index contributed by atoms with van der Waals surface area (Å²) in [7, 11) is 0. The van der Waals surface area contributed by atoms with Gasteiger partial charge in [0.1, 0.15) is 0 Å². The minimum absolute atomic E-state index is 0.671. The molecule has 1 saturated heterocycles. The molecule has 0 aromatic carbocycles. The second kappa shape index (κ2) is 1.82. The van der Waals surface area contributed by atoms with Crippen molar-refractivity contribution in [3.8, 4) is 0 Å². The summed E-state index contributed by atoms with van der Waals surface area (Å²) < 4.78 is 0. The molecular weight excluding hydrogens is 96.1 g/mol. The minimum Gasteiger partial charge on any atom is -0.234 e. The van der Waals surface area contributed by atoms with Crippen molar-refractivity contribution < 1.29 is 0 Å². The molecule has 1 aliphatic heterocycles. The van der Waals surface area contributed by atoms with E-state index in [-0.39, 0.29) is 0 Å². The van der Waals surface area contributed by atoms with Crippen molar-refractivity contribution in [1.82, 2.24) is 10.3 Å². The van der Waals surface area contributed by atoms with E-state index in [4.69, 9.17) is 0 Å². The van der Waals surface area contributed by atoms with E-state index in [1.807, 2.05) is 0 Å². The Morgan fingerprint density at radius 2 is 2.50 bits per heavy atom. The molecule has 0 aliphatic carbocycles. The van der Waals surface area contributed by atoms with Crippen molar-refractivity contribution in [2.24, 2.45) is 0 Å². The van der Waals surface area contributed by atoms with Gasteiger partial charge in [-0.1, -0.05) is 6.92 Å². The number of nitrogens with one attached hydrogen (secondary N) is 2. The number of hydrazine groups is 1. The Bertz CT molecular complexity index is 41.3. The predicted molar refractivity (Wildman–Crippen MR) is 27.9 cm³/mol. The third-order valence-electron chi connectivity index (χ3n) is 0.792. The van der Waals surface area contributed by atoms with Crippen molar-refractivity contribution in [1.29, 1.82) is 0 Å². The molecular formula is C3H8N2S. The summed E-state index contributed by atoms with van der Waals surface area (Å²) in [4.78, 5) is 2.88. The molecule has 1 heterocycles. The molecule has 1 rings (SSSR count). The van der Waals surface area contributed by atoms with Gasteiger partial charge in [-0.2, -0.15) is 4.83 Å². The Morgan fingerprint density at radius 3 is 2.50 bits per heavy atom. The maximum atomic E-state index is 3.01. The zero-order valence-corrected chi connectivity index (χ0v) is 4.51. The van der Waals surface area contributed by atoms with Crippen LogP contribution < -0.4 is 10.3 Å². The Kier molecular flexibility index (Phi) is 1.34. The highest BCUT2D eigenvalue weighted by molar-refractivity contribution is 7.99. The van der Waals surface area contributed by atoms with Gasteiger partial charge in [0.05, 0.1) is 5.37 Å². The molecule has 6 heavy (non-hydrogen) atoms. The van der Waals surface area contributed by atoms with Crippen LogP contribution >= 0.6 is 11.9 Å². The fraction of sp³-hybridized carbons (Fsp3) is 1.00. The van der Waals surface area contributed by atoms with Gasteiger partial charge >= 0.3 is 0 Å². The standard InChI is InChI=1S/C3H8N2S/c1-2-3-4-5-6-3/h3-5H,2H2,1H3. The van der Waals surface area contributed by atoms with Crippen molar-refractivity contribution in [3.63, 3.8) is 0 Å². The molecule has 1 fully saturated rings. The van der Waals surface area contributed by atoms with Gasteiger partial charge in [0.15, 0.2) is 0 Å². The van der Waals surface area contributed by atoms with Crippen molar-refractivity contribution >= 4 is 11.9 Å². The molecule has 0 aromatic rings. The van der Waals surface area contributed by atoms with Crippen LogP contribution in [-0.2, 0) is 0 Å². The lowest BCUT2D eigenvalue weighted by Gasteiger charge is -2.25. The first-order valence-corrected chi connectivity index (χ1v) is 2.97. The van der Waals surface area contributed by atoms with E-state index in [0.29, 0.717) is 5.37 Å². The van der Waals surface area contributed by atoms with Crippen LogP contribution in [0.2, 0.25) is 0 Å². The Hall–Kier alpha value is 0.270. The van der Waals surface area contributed by atoms with E-state index in [0.717, 1.165) is 0 Å². The molecule has 0 radical (unpaired) electrons. The first kappa shape index (κ1) is 4.43. The normalized spacial score (nSPS) is 32.5. The van der Waals surface area contributed by atoms with Gasteiger partial charge < -0.3 is 0 Å². The summed E-state index contributed by atoms with van der Waals surface area (Å²) in [5.74, 6) is 0. The van der Waals surface area contributed by atoms with Gasteiger partial charge in [-0.15, -0.1) is 0 Å². The average molecular weight is 104 g/mol. The summed E-state index contributed by atoms with van der Waals surface area (Å²) in [6.07, 6.45) is 1.21. The van der Waals surface area contributed by atoms with Gasteiger partial charge in [0.2, 0.25) is 0 Å². The van der Waals surface area contributed by atoms with Crippen molar-refractivity contribution in [3.05, 3.63) is 0 Å². The lowest BCUT2D eigenvalue weighted by molar-refractivity contribution is 0.568. The number of hydrogen-bond acceptors (Lipinski definition) is 3. The second-order valence-electron chi connectivity index (χ2n) is 1.26. The third kappa shape index (κ3) is 0.668. The van der Waals surface area contributed by atoms with E-state index in [2.05, 4.69) is 17.2 Å². The SMILES string of the molecule is CCC1NNS1. The molecule has 1 aliphatic rings. The lowest BCUT2D eigenvalue weighted by Crippen LogP contribution is -2.46. The van der Waals surface area contributed by atoms with E-state index in [1.165, 1.54) is 6.42 Å². The van der Waals surface area contributed by atoms with Crippen LogP contribution in [-0.4, -0.2) is 5.37 Å². The van der Waals surface area contributed by atoms with Gasteiger partial charge in [-0.25, -0.2) is 5.43 Å². The maximum absolute atomic E-state index is 3.01. The van der Waals surface area contributed by atoms with Crippen LogP contribution in [0.25, 0.3) is 0 Å². The largest absolute Gasteiger partial charge is 0.234 e. The molecule has 1 atom stereocenters. The fourth-order valence-electron chi connectivity index (χ4n) is 0.328. The maximum Gasteiger partial charge on any atom is 0.0828 e. The average Bonchev–Trinajstić information content (AvgIpc) is 1.31. The summed E-state index contributed by atoms with van der Waals surface area (Å²) >= 11 is 1.74. The highest BCUT2D eigenvalue weighted by atomic mass is 32.2. The van der Waals surface area contributed by atoms with Gasteiger partial charge in [0, 0.05) is 0 Å². The lowest BCUT2D eigenvalue weighted by atomic mass is 10.5. The highest BCUT2D eigenvalue weighted by Gasteiger charge is 2.12. The summed E-state index contributed by atoms with van der Waals surface area (Å²) in [5.41, 5.74) is 3.01. The Balaban J connectivity index is 2.01. The molecule has 3 heteroatoms. The van der Waals surface area contributed by atoms with Crippen LogP contribution in [0.5, 0.6) is 0 Å². The third-order valence-corrected chi connectivity index (χ3v) is 1.76. The van der Waals surface area contributed by atoms with E-state index in [9.17, 15) is 0 Å². The molecule has 1 unspecified atom stereocenters. The highest BCUT2D eigenvalue weighted by Crippen LogP contribution is 2.12. The molecule has 36 valence electrons. The van der Waals surface area contributed by atoms with Crippen LogP contribution in [0.3, 0.4) is 0 Å². The van der Waals surface area contributed by atoms with Crippen LogP contribution in [0.4, 0.5) is 0 Å². The molecule has 2 N–H and O–H groups in total. The van der Waals surface area contributed by atoms with Crippen molar-refractivity contribution in [2.75, 3.05) is 0 Å². The molecule has 2 nitrogen and oxygen atoms in total. The van der Waals surface area contributed by atoms with E-state index < -0.39 is 0 Å². The number of hydrogen-bond donors (Lipinski definition) is 2. The molecule has 0 bridgehead atoms. The zero-order chi connectivity index (χ0) is 4.41. The summed E-state index contributed by atoms with van der Waals surface area (Å²) in [6.45, 7) is 2.16. The topological polar surface area (TPSA) is 24.1 Å². The predicted octanol–water partition coefficient (Wildman–Crippen LogP) is 0.478. The van der Waals surface area contributed by atoms with Gasteiger partial charge in [-0.05, 0) is 18.4 Å². The van der Waals surface area contributed by atoms with Crippen LogP contribution in [0.1, 0.15) is 13.3 Å². The zero-order valence-electron chi connectivity index (χ0n) is 3.69. The molecule has 0 amide bonds. The monoisotopic (exact) mass is 104 g/mol. The molecule has 0 saturated carbocycles. The first-order chi connectivity index (χ1) is 2.93. The number of rotatable bonds is 1. The first-order valence-electron chi connectivity index (χ1n) is 2.09. The minimum atomic E-state index is 0.671. The Morgan fingerprint density at radius 1 is 1.83 bits per heavy atom. The van der Waals surface area contributed by atoms with Crippen LogP contribution in [0.15, 0.2) is 0 Å². The fourth-order valence-corrected chi connectivity index (χ4v) is 0.779. The van der Waals surface area contributed by atoms with Gasteiger partial charge in [0.25, 0.3) is 0 Å². The molecule has 0 aromatic heterocycles. The smallest absolute Gasteiger partial charge is 0.0828 e. The second-order valence-corrected chi connectivity index (χ2v) is 2.27. The van der Waals surface area contributed by atoms with E-state index >= 15 is 0 Å². The van der Waals surface area contributed by atoms with Crippen molar-refractivity contribution in [2.45, 2.75) is 18.7 Å². The van der Waals surface area contributed by atoms with Crippen LogP contribution in [0, 0.1) is 0 Å². The van der Waals surface area contributed by atoms with E-state index in [1.54, 1.807) is 11.9 Å².